The van der Waals surface area contributed by atoms with E-state index in [4.69, 9.17) is 5.73 Å². The van der Waals surface area contributed by atoms with Gasteiger partial charge in [0.05, 0.1) is 12.4 Å². The normalized spacial score (nSPS) is 12.3. The van der Waals surface area contributed by atoms with Gasteiger partial charge < -0.3 is 5.73 Å². The van der Waals surface area contributed by atoms with Crippen molar-refractivity contribution in [1.82, 2.24) is 14.3 Å². The Hall–Kier alpha value is -1.21. The summed E-state index contributed by atoms with van der Waals surface area (Å²) < 4.78 is 25.8. The fraction of sp³-hybridized carbons (Fsp3) is 0.600. The van der Waals surface area contributed by atoms with Crippen LogP contribution in [0.5, 0.6) is 0 Å². The Labute approximate surface area is 102 Å². The van der Waals surface area contributed by atoms with Crippen molar-refractivity contribution in [2.45, 2.75) is 25.7 Å². The van der Waals surface area contributed by atoms with Crippen molar-refractivity contribution in [1.29, 1.82) is 0 Å². The predicted octanol–water partition coefficient (Wildman–Crippen LogP) is 0.725. The van der Waals surface area contributed by atoms with Crippen molar-refractivity contribution >= 4 is 16.0 Å². The van der Waals surface area contributed by atoms with Crippen molar-refractivity contribution in [3.8, 4) is 0 Å². The molecule has 0 amide bonds. The minimum absolute atomic E-state index is 0.0656. The van der Waals surface area contributed by atoms with Gasteiger partial charge in [-0.25, -0.2) is 18.4 Å². The molecule has 0 aliphatic heterocycles. The SMILES string of the molecule is CCN(CC(C)C)S(=O)(=O)c1cnc(N)nc1. The van der Waals surface area contributed by atoms with Crippen molar-refractivity contribution < 1.29 is 8.42 Å². The zero-order chi connectivity index (χ0) is 13.1. The standard InChI is InChI=1S/C10H18N4O2S/c1-4-14(7-8(2)3)17(15,16)9-5-12-10(11)13-6-9/h5-6,8H,4,7H2,1-3H3,(H2,11,12,13). The van der Waals surface area contributed by atoms with E-state index in [1.165, 1.54) is 16.7 Å². The van der Waals surface area contributed by atoms with Crippen molar-refractivity contribution in [2.75, 3.05) is 18.8 Å². The quantitative estimate of drug-likeness (QED) is 0.840. The Kier molecular flexibility index (Phi) is 4.41. The first-order valence-corrected chi connectivity index (χ1v) is 6.89. The molecule has 6 nitrogen and oxygen atoms in total. The highest BCUT2D eigenvalue weighted by Gasteiger charge is 2.24. The molecule has 1 aromatic heterocycles. The van der Waals surface area contributed by atoms with Crippen LogP contribution in [-0.4, -0.2) is 35.8 Å². The zero-order valence-electron chi connectivity index (χ0n) is 10.3. The first kappa shape index (κ1) is 13.9. The molecule has 0 atom stereocenters. The Morgan fingerprint density at radius 1 is 1.35 bits per heavy atom. The van der Waals surface area contributed by atoms with E-state index < -0.39 is 10.0 Å². The van der Waals surface area contributed by atoms with Crippen LogP contribution in [0.3, 0.4) is 0 Å². The van der Waals surface area contributed by atoms with Gasteiger partial charge >= 0.3 is 0 Å². The van der Waals surface area contributed by atoms with Crippen molar-refractivity contribution in [3.63, 3.8) is 0 Å². The van der Waals surface area contributed by atoms with E-state index >= 15 is 0 Å². The second-order valence-electron chi connectivity index (χ2n) is 4.13. The van der Waals surface area contributed by atoms with E-state index in [0.717, 1.165) is 0 Å². The molecule has 17 heavy (non-hydrogen) atoms. The van der Waals surface area contributed by atoms with Crippen LogP contribution in [0.2, 0.25) is 0 Å². The summed E-state index contributed by atoms with van der Waals surface area (Å²) in [5.74, 6) is 0.329. The monoisotopic (exact) mass is 258 g/mol. The third-order valence-corrected chi connectivity index (χ3v) is 4.10. The number of rotatable bonds is 5. The van der Waals surface area contributed by atoms with Crippen LogP contribution in [0, 0.1) is 5.92 Å². The summed E-state index contributed by atoms with van der Waals surface area (Å²) in [5.41, 5.74) is 5.33. The van der Waals surface area contributed by atoms with Gasteiger partial charge in [0.15, 0.2) is 0 Å². The molecule has 1 rings (SSSR count). The van der Waals surface area contributed by atoms with Crippen molar-refractivity contribution in [3.05, 3.63) is 12.4 Å². The molecule has 0 saturated carbocycles. The second kappa shape index (κ2) is 5.42. The maximum atomic E-state index is 12.2. The first-order valence-electron chi connectivity index (χ1n) is 5.45. The highest BCUT2D eigenvalue weighted by atomic mass is 32.2. The number of hydrogen-bond donors (Lipinski definition) is 1. The van der Waals surface area contributed by atoms with E-state index in [9.17, 15) is 8.42 Å². The molecule has 7 heteroatoms. The van der Waals surface area contributed by atoms with Gasteiger partial charge in [-0.1, -0.05) is 20.8 Å². The number of sulfonamides is 1. The van der Waals surface area contributed by atoms with Crippen LogP contribution in [0.1, 0.15) is 20.8 Å². The molecule has 1 aromatic rings. The van der Waals surface area contributed by atoms with Crippen LogP contribution in [0.25, 0.3) is 0 Å². The Morgan fingerprint density at radius 2 is 1.88 bits per heavy atom. The van der Waals surface area contributed by atoms with Crippen LogP contribution in [-0.2, 0) is 10.0 Å². The largest absolute Gasteiger partial charge is 0.368 e. The lowest BCUT2D eigenvalue weighted by atomic mass is 10.2. The summed E-state index contributed by atoms with van der Waals surface area (Å²) in [5, 5.41) is 0. The summed E-state index contributed by atoms with van der Waals surface area (Å²) in [4.78, 5) is 7.48. The lowest BCUT2D eigenvalue weighted by Gasteiger charge is -2.21. The molecule has 1 heterocycles. The molecule has 96 valence electrons. The topological polar surface area (TPSA) is 89.2 Å². The molecule has 0 spiro atoms. The van der Waals surface area contributed by atoms with Crippen molar-refractivity contribution in [2.24, 2.45) is 5.92 Å². The average molecular weight is 258 g/mol. The van der Waals surface area contributed by atoms with Crippen LogP contribution in [0.4, 0.5) is 5.95 Å². The minimum Gasteiger partial charge on any atom is -0.368 e. The molecule has 2 N–H and O–H groups in total. The first-order chi connectivity index (χ1) is 7.87. The van der Waals surface area contributed by atoms with Crippen LogP contribution < -0.4 is 5.73 Å². The third-order valence-electron chi connectivity index (χ3n) is 2.21. The number of aromatic nitrogens is 2. The summed E-state index contributed by atoms with van der Waals surface area (Å²) >= 11 is 0. The molecule has 0 bridgehead atoms. The van der Waals surface area contributed by atoms with E-state index in [1.54, 1.807) is 6.92 Å². The van der Waals surface area contributed by atoms with E-state index in [0.29, 0.717) is 13.1 Å². The van der Waals surface area contributed by atoms with Crippen LogP contribution >= 0.6 is 0 Å². The highest BCUT2D eigenvalue weighted by molar-refractivity contribution is 7.89. The molecule has 0 aromatic carbocycles. The van der Waals surface area contributed by atoms with E-state index in [1.807, 2.05) is 13.8 Å². The third kappa shape index (κ3) is 3.37. The summed E-state index contributed by atoms with van der Waals surface area (Å²) in [6, 6.07) is 0. The fourth-order valence-electron chi connectivity index (χ4n) is 1.41. The summed E-state index contributed by atoms with van der Waals surface area (Å²) in [6.45, 7) is 6.64. The summed E-state index contributed by atoms with van der Waals surface area (Å²) in [6.07, 6.45) is 2.47. The number of nitrogens with two attached hydrogens (primary N) is 1. The lowest BCUT2D eigenvalue weighted by molar-refractivity contribution is 0.380. The predicted molar refractivity (Wildman–Crippen MR) is 65.7 cm³/mol. The molecule has 0 aliphatic rings. The number of nitrogen functional groups attached to an aromatic ring is 1. The molecular weight excluding hydrogens is 240 g/mol. The van der Waals surface area contributed by atoms with Gasteiger partial charge in [0, 0.05) is 13.1 Å². The maximum absolute atomic E-state index is 12.2. The maximum Gasteiger partial charge on any atom is 0.246 e. The van der Waals surface area contributed by atoms with Gasteiger partial charge in [0.25, 0.3) is 0 Å². The van der Waals surface area contributed by atoms with Gasteiger partial charge in [-0.2, -0.15) is 4.31 Å². The second-order valence-corrected chi connectivity index (χ2v) is 6.06. The van der Waals surface area contributed by atoms with E-state index in [2.05, 4.69) is 9.97 Å². The zero-order valence-corrected chi connectivity index (χ0v) is 11.1. The molecule has 0 saturated heterocycles. The average Bonchev–Trinajstić information content (AvgIpc) is 2.26. The molecule has 0 fully saturated rings. The highest BCUT2D eigenvalue weighted by Crippen LogP contribution is 2.15. The smallest absolute Gasteiger partial charge is 0.246 e. The van der Waals surface area contributed by atoms with Gasteiger partial charge in [-0.3, -0.25) is 0 Å². The molecule has 0 aliphatic carbocycles. The molecule has 0 unspecified atom stereocenters. The minimum atomic E-state index is -3.51. The van der Waals surface area contributed by atoms with Gasteiger partial charge in [0.1, 0.15) is 4.90 Å². The van der Waals surface area contributed by atoms with Crippen LogP contribution in [0.15, 0.2) is 17.3 Å². The summed E-state index contributed by atoms with van der Waals surface area (Å²) in [7, 11) is -3.51. The lowest BCUT2D eigenvalue weighted by Crippen LogP contribution is -2.34. The van der Waals surface area contributed by atoms with Gasteiger partial charge in [-0.05, 0) is 5.92 Å². The molecule has 0 radical (unpaired) electrons. The Morgan fingerprint density at radius 3 is 2.29 bits per heavy atom. The molecular formula is C10H18N4O2S. The number of hydrogen-bond acceptors (Lipinski definition) is 5. The van der Waals surface area contributed by atoms with Gasteiger partial charge in [-0.15, -0.1) is 0 Å². The van der Waals surface area contributed by atoms with Gasteiger partial charge in [0.2, 0.25) is 16.0 Å². The van der Waals surface area contributed by atoms with E-state index in [-0.39, 0.29) is 16.8 Å². The number of nitrogens with zero attached hydrogens (tertiary/aromatic N) is 3. The Bertz CT molecular complexity index is 456. The number of anilines is 1. The Balaban J connectivity index is 3.04. The fourth-order valence-corrected chi connectivity index (χ4v) is 2.92.